The molecule has 0 spiro atoms. The van der Waals surface area contributed by atoms with Crippen molar-refractivity contribution < 1.29 is 19.5 Å². The van der Waals surface area contributed by atoms with Crippen molar-refractivity contribution in [3.05, 3.63) is 29.8 Å². The van der Waals surface area contributed by atoms with Crippen LogP contribution in [0.5, 0.6) is 0 Å². The standard InChI is InChI=1S/C31H41N3O4/c1-18-23-14-24(25(18)17-35)29-28(23)30(37)33(31(29)38)16-21-7-4-6-20(21)15-32-11-9-22(10-12-32)34-26-8-3-2-5-19(26)13-27(34)36/h2-3,5,8,18,20-25,28-29,35H,4,6-7,9-17H2,1H3/t18?,20-,21-,23?,24?,25?,28?,29?/m1/s1. The van der Waals surface area contributed by atoms with Gasteiger partial charge in [-0.25, -0.2) is 0 Å². The molecule has 3 heterocycles. The Kier molecular flexibility index (Phi) is 6.15. The number of rotatable bonds is 6. The quantitative estimate of drug-likeness (QED) is 0.585. The third kappa shape index (κ3) is 3.71. The molecule has 7 nitrogen and oxygen atoms in total. The highest BCUT2D eigenvalue weighted by Gasteiger charge is 2.66. The zero-order valence-corrected chi connectivity index (χ0v) is 22.5. The number of anilines is 1. The Labute approximate surface area is 225 Å². The van der Waals surface area contributed by atoms with Crippen LogP contribution in [0.4, 0.5) is 5.69 Å². The number of aliphatic hydroxyl groups excluding tert-OH is 1. The van der Waals surface area contributed by atoms with Crippen LogP contribution in [0.3, 0.4) is 0 Å². The number of carbonyl (C=O) groups excluding carboxylic acids is 3. The number of imide groups is 1. The van der Waals surface area contributed by atoms with Gasteiger partial charge in [0.15, 0.2) is 0 Å². The molecule has 3 aliphatic heterocycles. The molecule has 2 saturated heterocycles. The second-order valence-corrected chi connectivity index (χ2v) is 13.2. The average molecular weight is 520 g/mol. The summed E-state index contributed by atoms with van der Waals surface area (Å²) >= 11 is 0. The number of para-hydroxylation sites is 1. The third-order valence-electron chi connectivity index (χ3n) is 11.6. The maximum Gasteiger partial charge on any atom is 0.233 e. The van der Waals surface area contributed by atoms with Crippen molar-refractivity contribution in [3.63, 3.8) is 0 Å². The minimum Gasteiger partial charge on any atom is -0.396 e. The second kappa shape index (κ2) is 9.44. The van der Waals surface area contributed by atoms with Gasteiger partial charge in [-0.1, -0.05) is 31.5 Å². The lowest BCUT2D eigenvalue weighted by Crippen LogP contribution is -2.48. The summed E-state index contributed by atoms with van der Waals surface area (Å²) in [5, 5.41) is 9.92. The first-order chi connectivity index (χ1) is 18.5. The van der Waals surface area contributed by atoms with Gasteiger partial charge in [0.05, 0.1) is 18.3 Å². The molecule has 8 atom stereocenters. The number of amides is 3. The van der Waals surface area contributed by atoms with Crippen LogP contribution in [0, 0.1) is 47.3 Å². The fraction of sp³-hybridized carbons (Fsp3) is 0.710. The highest BCUT2D eigenvalue weighted by Crippen LogP contribution is 2.61. The van der Waals surface area contributed by atoms with Crippen molar-refractivity contribution in [1.82, 2.24) is 9.80 Å². The molecule has 0 radical (unpaired) electrons. The second-order valence-electron chi connectivity index (χ2n) is 13.2. The Balaban J connectivity index is 0.966. The summed E-state index contributed by atoms with van der Waals surface area (Å²) in [6.45, 7) is 5.90. The zero-order valence-electron chi connectivity index (χ0n) is 22.5. The van der Waals surface area contributed by atoms with E-state index in [1.165, 1.54) is 12.8 Å². The van der Waals surface area contributed by atoms with E-state index < -0.39 is 0 Å². The summed E-state index contributed by atoms with van der Waals surface area (Å²) in [5.74, 6) is 1.90. The van der Waals surface area contributed by atoms with Crippen LogP contribution in [-0.2, 0) is 20.8 Å². The van der Waals surface area contributed by atoms with Crippen LogP contribution in [0.2, 0.25) is 0 Å². The minimum absolute atomic E-state index is 0.0554. The largest absolute Gasteiger partial charge is 0.396 e. The van der Waals surface area contributed by atoms with Crippen LogP contribution < -0.4 is 4.90 Å². The normalized spacial score (nSPS) is 39.1. The van der Waals surface area contributed by atoms with E-state index in [0.717, 1.165) is 56.6 Å². The van der Waals surface area contributed by atoms with E-state index in [-0.39, 0.29) is 60.0 Å². The van der Waals surface area contributed by atoms with Gasteiger partial charge in [0.25, 0.3) is 0 Å². The van der Waals surface area contributed by atoms with Crippen molar-refractivity contribution in [3.8, 4) is 0 Å². The number of carbonyl (C=O) groups is 3. The first kappa shape index (κ1) is 24.8. The Hall–Kier alpha value is -2.25. The van der Waals surface area contributed by atoms with Crippen LogP contribution >= 0.6 is 0 Å². The topological polar surface area (TPSA) is 81.2 Å². The predicted octanol–water partition coefficient (Wildman–Crippen LogP) is 2.95. The molecule has 204 valence electrons. The lowest BCUT2D eigenvalue weighted by atomic mass is 9.70. The molecule has 0 aromatic heterocycles. The van der Waals surface area contributed by atoms with E-state index in [1.807, 2.05) is 12.1 Å². The Morgan fingerprint density at radius 1 is 0.895 bits per heavy atom. The van der Waals surface area contributed by atoms with Gasteiger partial charge in [-0.15, -0.1) is 0 Å². The van der Waals surface area contributed by atoms with Gasteiger partial charge in [0.1, 0.15) is 0 Å². The lowest BCUT2D eigenvalue weighted by molar-refractivity contribution is -0.141. The Morgan fingerprint density at radius 3 is 2.32 bits per heavy atom. The molecule has 5 fully saturated rings. The first-order valence-corrected chi connectivity index (χ1v) is 15.0. The highest BCUT2D eigenvalue weighted by atomic mass is 16.3. The van der Waals surface area contributed by atoms with E-state index in [9.17, 15) is 19.5 Å². The smallest absolute Gasteiger partial charge is 0.233 e. The number of nitrogens with zero attached hydrogens (tertiary/aromatic N) is 3. The average Bonchev–Trinajstić information content (AvgIpc) is 3.71. The fourth-order valence-corrected chi connectivity index (χ4v) is 9.65. The van der Waals surface area contributed by atoms with E-state index in [2.05, 4.69) is 28.9 Å². The monoisotopic (exact) mass is 519 g/mol. The van der Waals surface area contributed by atoms with Gasteiger partial charge in [0.2, 0.25) is 17.7 Å². The van der Waals surface area contributed by atoms with Gasteiger partial charge in [0, 0.05) is 44.5 Å². The first-order valence-electron chi connectivity index (χ1n) is 15.0. The molecule has 1 aromatic rings. The van der Waals surface area contributed by atoms with Crippen LogP contribution in [0.1, 0.15) is 51.0 Å². The maximum atomic E-state index is 13.5. The third-order valence-corrected chi connectivity index (χ3v) is 11.6. The van der Waals surface area contributed by atoms with E-state index in [0.29, 0.717) is 30.7 Å². The molecule has 6 unspecified atom stereocenters. The Morgan fingerprint density at radius 2 is 1.58 bits per heavy atom. The van der Waals surface area contributed by atoms with Gasteiger partial charge >= 0.3 is 0 Å². The van der Waals surface area contributed by atoms with Gasteiger partial charge in [-0.3, -0.25) is 19.3 Å². The summed E-state index contributed by atoms with van der Waals surface area (Å²) in [7, 11) is 0. The lowest BCUT2D eigenvalue weighted by Gasteiger charge is -2.38. The molecule has 3 amide bonds. The molecule has 6 aliphatic rings. The van der Waals surface area contributed by atoms with Crippen molar-refractivity contribution in [2.75, 3.05) is 37.7 Å². The predicted molar refractivity (Wildman–Crippen MR) is 143 cm³/mol. The van der Waals surface area contributed by atoms with Crippen molar-refractivity contribution in [2.24, 2.45) is 47.3 Å². The van der Waals surface area contributed by atoms with E-state index in [1.54, 1.807) is 4.90 Å². The molecule has 3 aliphatic carbocycles. The van der Waals surface area contributed by atoms with Gasteiger partial charge in [-0.05, 0) is 79.2 Å². The van der Waals surface area contributed by atoms with Crippen LogP contribution in [0.25, 0.3) is 0 Å². The summed E-state index contributed by atoms with van der Waals surface area (Å²) in [5.41, 5.74) is 2.25. The van der Waals surface area contributed by atoms with Crippen molar-refractivity contribution >= 4 is 23.4 Å². The number of hydrogen-bond acceptors (Lipinski definition) is 5. The van der Waals surface area contributed by atoms with E-state index >= 15 is 0 Å². The zero-order chi connectivity index (χ0) is 26.1. The molecule has 7 heteroatoms. The number of fused-ring (bicyclic) bond motifs is 6. The number of hydrogen-bond donors (Lipinski definition) is 1. The SMILES string of the molecule is CC1C(CO)C2CC1C1C(=O)N(C[C@H]3CCC[C@@H]3CN3CCC(N4C(=O)Cc5ccccc54)CC3)C(=O)C21. The number of likely N-dealkylation sites (tertiary alicyclic amines) is 2. The maximum absolute atomic E-state index is 13.5. The van der Waals surface area contributed by atoms with Crippen LogP contribution in [0.15, 0.2) is 24.3 Å². The summed E-state index contributed by atoms with van der Waals surface area (Å²) in [4.78, 5) is 46.0. The molecule has 2 bridgehead atoms. The van der Waals surface area contributed by atoms with Gasteiger partial charge in [-0.2, -0.15) is 0 Å². The molecular formula is C31H41N3O4. The number of benzene rings is 1. The summed E-state index contributed by atoms with van der Waals surface area (Å²) in [6.07, 6.45) is 6.88. The molecule has 38 heavy (non-hydrogen) atoms. The molecular weight excluding hydrogens is 478 g/mol. The molecule has 1 aromatic carbocycles. The van der Waals surface area contributed by atoms with E-state index in [4.69, 9.17) is 0 Å². The fourth-order valence-electron chi connectivity index (χ4n) is 9.65. The molecule has 1 N–H and O–H groups in total. The molecule has 3 saturated carbocycles. The minimum atomic E-state index is -0.182. The summed E-state index contributed by atoms with van der Waals surface area (Å²) in [6, 6.07) is 8.48. The van der Waals surface area contributed by atoms with Crippen molar-refractivity contribution in [2.45, 2.75) is 57.9 Å². The van der Waals surface area contributed by atoms with Gasteiger partial charge < -0.3 is 14.9 Å². The number of piperidine rings is 1. The summed E-state index contributed by atoms with van der Waals surface area (Å²) < 4.78 is 0. The van der Waals surface area contributed by atoms with Crippen LogP contribution in [-0.4, -0.2) is 71.5 Å². The number of aliphatic hydroxyl groups is 1. The molecule has 7 rings (SSSR count). The van der Waals surface area contributed by atoms with Crippen molar-refractivity contribution in [1.29, 1.82) is 0 Å². The highest BCUT2D eigenvalue weighted by molar-refractivity contribution is 6.06. The Bertz CT molecular complexity index is 1130.